The van der Waals surface area contributed by atoms with Gasteiger partial charge in [0.25, 0.3) is 0 Å². The summed E-state index contributed by atoms with van der Waals surface area (Å²) in [6, 6.07) is 8.08. The second-order valence-electron chi connectivity index (χ2n) is 5.05. The lowest BCUT2D eigenvalue weighted by Gasteiger charge is -2.35. The molecule has 2 aromatic rings. The Morgan fingerprint density at radius 3 is 3.10 bits per heavy atom. The van der Waals surface area contributed by atoms with Crippen LogP contribution >= 0.6 is 11.3 Å². The van der Waals surface area contributed by atoms with Crippen LogP contribution in [0.2, 0.25) is 0 Å². The Kier molecular flexibility index (Phi) is 4.52. The SMILES string of the molecule is OC(CC1COCCN1Cc1ccco1)c1cccs1. The second-order valence-corrected chi connectivity index (χ2v) is 6.02. The third-order valence-electron chi connectivity index (χ3n) is 3.66. The Morgan fingerprint density at radius 1 is 1.40 bits per heavy atom. The Labute approximate surface area is 122 Å². The maximum atomic E-state index is 10.3. The highest BCUT2D eigenvalue weighted by Crippen LogP contribution is 2.26. The van der Waals surface area contributed by atoms with Crippen molar-refractivity contribution in [3.05, 3.63) is 46.5 Å². The molecule has 0 radical (unpaired) electrons. The normalized spacial score (nSPS) is 21.9. The van der Waals surface area contributed by atoms with Gasteiger partial charge >= 0.3 is 0 Å². The zero-order chi connectivity index (χ0) is 13.8. The van der Waals surface area contributed by atoms with E-state index in [9.17, 15) is 5.11 Å². The average Bonchev–Trinajstić information content (AvgIpc) is 3.13. The second kappa shape index (κ2) is 6.54. The molecule has 0 spiro atoms. The number of furan rings is 1. The molecule has 0 saturated carbocycles. The van der Waals surface area contributed by atoms with Gasteiger partial charge in [0.1, 0.15) is 5.76 Å². The number of rotatable bonds is 5. The molecule has 0 aromatic carbocycles. The van der Waals surface area contributed by atoms with Gasteiger partial charge in [-0.15, -0.1) is 11.3 Å². The summed E-state index contributed by atoms with van der Waals surface area (Å²) in [5.74, 6) is 0.961. The largest absolute Gasteiger partial charge is 0.468 e. The van der Waals surface area contributed by atoms with E-state index in [1.807, 2.05) is 29.6 Å². The zero-order valence-electron chi connectivity index (χ0n) is 11.3. The van der Waals surface area contributed by atoms with Gasteiger partial charge in [-0.25, -0.2) is 0 Å². The molecular weight excluding hydrogens is 274 g/mol. The number of thiophene rings is 1. The summed E-state index contributed by atoms with van der Waals surface area (Å²) >= 11 is 1.60. The van der Waals surface area contributed by atoms with Gasteiger partial charge in [0, 0.05) is 17.5 Å². The van der Waals surface area contributed by atoms with Crippen LogP contribution in [0.15, 0.2) is 40.3 Å². The third kappa shape index (κ3) is 3.30. The number of aliphatic hydroxyl groups excluding tert-OH is 1. The van der Waals surface area contributed by atoms with Crippen molar-refractivity contribution in [2.24, 2.45) is 0 Å². The van der Waals surface area contributed by atoms with Gasteiger partial charge in [0.2, 0.25) is 0 Å². The van der Waals surface area contributed by atoms with Crippen LogP contribution in [0.4, 0.5) is 0 Å². The van der Waals surface area contributed by atoms with E-state index in [2.05, 4.69) is 4.90 Å². The molecule has 5 heteroatoms. The summed E-state index contributed by atoms with van der Waals surface area (Å²) in [5.41, 5.74) is 0. The molecule has 1 N–H and O–H groups in total. The predicted molar refractivity (Wildman–Crippen MR) is 77.6 cm³/mol. The van der Waals surface area contributed by atoms with Crippen LogP contribution in [0, 0.1) is 0 Å². The Hall–Kier alpha value is -1.14. The topological polar surface area (TPSA) is 45.8 Å². The first-order chi connectivity index (χ1) is 9.83. The van der Waals surface area contributed by atoms with Crippen molar-refractivity contribution in [2.75, 3.05) is 19.8 Å². The van der Waals surface area contributed by atoms with E-state index in [0.717, 1.165) is 30.3 Å². The quantitative estimate of drug-likeness (QED) is 0.920. The lowest BCUT2D eigenvalue weighted by atomic mass is 10.1. The minimum absolute atomic E-state index is 0.228. The first kappa shape index (κ1) is 13.8. The van der Waals surface area contributed by atoms with Gasteiger partial charge in [0.05, 0.1) is 32.1 Å². The molecule has 1 aliphatic heterocycles. The molecule has 0 amide bonds. The molecule has 3 rings (SSSR count). The maximum absolute atomic E-state index is 10.3. The molecule has 108 valence electrons. The first-order valence-corrected chi connectivity index (χ1v) is 7.76. The minimum Gasteiger partial charge on any atom is -0.468 e. The summed E-state index contributed by atoms with van der Waals surface area (Å²) in [7, 11) is 0. The molecule has 2 aromatic heterocycles. The van der Waals surface area contributed by atoms with Crippen LogP contribution in [0.1, 0.15) is 23.2 Å². The number of aliphatic hydroxyl groups is 1. The Bertz CT molecular complexity index is 497. The molecule has 1 fully saturated rings. The standard InChI is InChI=1S/C15H19NO3S/c17-14(15-4-2-8-20-15)9-12-11-18-7-5-16(12)10-13-3-1-6-19-13/h1-4,6,8,12,14,17H,5,7,9-11H2. The van der Waals surface area contributed by atoms with Crippen LogP contribution in [0.25, 0.3) is 0 Å². The van der Waals surface area contributed by atoms with E-state index in [4.69, 9.17) is 9.15 Å². The highest BCUT2D eigenvalue weighted by Gasteiger charge is 2.26. The van der Waals surface area contributed by atoms with Crippen LogP contribution in [0.5, 0.6) is 0 Å². The van der Waals surface area contributed by atoms with Crippen molar-refractivity contribution in [3.63, 3.8) is 0 Å². The van der Waals surface area contributed by atoms with E-state index in [1.165, 1.54) is 0 Å². The van der Waals surface area contributed by atoms with E-state index in [1.54, 1.807) is 17.6 Å². The molecular formula is C15H19NO3S. The van der Waals surface area contributed by atoms with E-state index >= 15 is 0 Å². The van der Waals surface area contributed by atoms with Gasteiger partial charge in [-0.1, -0.05) is 6.07 Å². The van der Waals surface area contributed by atoms with Gasteiger partial charge in [-0.2, -0.15) is 0 Å². The minimum atomic E-state index is -0.416. The Morgan fingerprint density at radius 2 is 2.35 bits per heavy atom. The predicted octanol–water partition coefficient (Wildman–Crippen LogP) is 2.67. The molecule has 0 aliphatic carbocycles. The highest BCUT2D eigenvalue weighted by molar-refractivity contribution is 7.10. The van der Waals surface area contributed by atoms with Crippen LogP contribution < -0.4 is 0 Å². The third-order valence-corrected chi connectivity index (χ3v) is 4.63. The fraction of sp³-hybridized carbons (Fsp3) is 0.467. The molecule has 1 saturated heterocycles. The zero-order valence-corrected chi connectivity index (χ0v) is 12.1. The van der Waals surface area contributed by atoms with Gasteiger partial charge < -0.3 is 14.3 Å². The number of nitrogens with zero attached hydrogens (tertiary/aromatic N) is 1. The van der Waals surface area contributed by atoms with Crippen molar-refractivity contribution >= 4 is 11.3 Å². The lowest BCUT2D eigenvalue weighted by Crippen LogP contribution is -2.45. The van der Waals surface area contributed by atoms with Gasteiger partial charge in [-0.3, -0.25) is 4.90 Å². The monoisotopic (exact) mass is 293 g/mol. The van der Waals surface area contributed by atoms with E-state index in [0.29, 0.717) is 13.0 Å². The molecule has 1 aliphatic rings. The summed E-state index contributed by atoms with van der Waals surface area (Å²) in [6.07, 6.45) is 1.98. The fourth-order valence-electron chi connectivity index (χ4n) is 2.57. The van der Waals surface area contributed by atoms with Crippen molar-refractivity contribution < 1.29 is 14.3 Å². The fourth-order valence-corrected chi connectivity index (χ4v) is 3.30. The molecule has 0 bridgehead atoms. The molecule has 2 atom stereocenters. The summed E-state index contributed by atoms with van der Waals surface area (Å²) in [4.78, 5) is 3.35. The van der Waals surface area contributed by atoms with Crippen molar-refractivity contribution in [3.8, 4) is 0 Å². The number of hydrogen-bond acceptors (Lipinski definition) is 5. The highest BCUT2D eigenvalue weighted by atomic mass is 32.1. The van der Waals surface area contributed by atoms with Gasteiger partial charge in [0.15, 0.2) is 0 Å². The van der Waals surface area contributed by atoms with Crippen LogP contribution in [-0.2, 0) is 11.3 Å². The van der Waals surface area contributed by atoms with Crippen LogP contribution in [-0.4, -0.2) is 35.8 Å². The lowest BCUT2D eigenvalue weighted by molar-refractivity contribution is -0.0319. The van der Waals surface area contributed by atoms with Crippen molar-refractivity contribution in [1.82, 2.24) is 4.90 Å². The van der Waals surface area contributed by atoms with Crippen LogP contribution in [0.3, 0.4) is 0 Å². The first-order valence-electron chi connectivity index (χ1n) is 6.88. The van der Waals surface area contributed by atoms with Crippen molar-refractivity contribution in [1.29, 1.82) is 0 Å². The summed E-state index contributed by atoms with van der Waals surface area (Å²) < 4.78 is 11.0. The number of ether oxygens (including phenoxy) is 1. The summed E-state index contributed by atoms with van der Waals surface area (Å²) in [5, 5.41) is 12.3. The smallest absolute Gasteiger partial charge is 0.117 e. The average molecular weight is 293 g/mol. The maximum Gasteiger partial charge on any atom is 0.117 e. The molecule has 2 unspecified atom stereocenters. The number of morpholine rings is 1. The van der Waals surface area contributed by atoms with E-state index < -0.39 is 6.10 Å². The molecule has 3 heterocycles. The van der Waals surface area contributed by atoms with Gasteiger partial charge in [-0.05, 0) is 30.0 Å². The Balaban J connectivity index is 1.63. The van der Waals surface area contributed by atoms with E-state index in [-0.39, 0.29) is 6.04 Å². The summed E-state index contributed by atoms with van der Waals surface area (Å²) in [6.45, 7) is 3.07. The van der Waals surface area contributed by atoms with Crippen molar-refractivity contribution in [2.45, 2.75) is 25.1 Å². The number of hydrogen-bond donors (Lipinski definition) is 1. The molecule has 4 nitrogen and oxygen atoms in total. The molecule has 20 heavy (non-hydrogen) atoms.